The Hall–Kier alpha value is -3.67. The highest BCUT2D eigenvalue weighted by atomic mass is 16.5. The summed E-state index contributed by atoms with van der Waals surface area (Å²) in [7, 11) is 1.64. The molecular formula is C27H31N2O4+. The van der Waals surface area contributed by atoms with Crippen LogP contribution in [0, 0.1) is 0 Å². The predicted octanol–water partition coefficient (Wildman–Crippen LogP) is 5.26. The summed E-state index contributed by atoms with van der Waals surface area (Å²) in [6.07, 6.45) is 3.02. The second-order valence-corrected chi connectivity index (χ2v) is 8.37. The lowest BCUT2D eigenvalue weighted by molar-refractivity contribution is -0.695. The maximum absolute atomic E-state index is 11.3. The number of aliphatic hydroxyl groups is 1. The Bertz CT molecular complexity index is 1160. The van der Waals surface area contributed by atoms with Gasteiger partial charge in [0.25, 0.3) is 11.7 Å². The quantitative estimate of drug-likeness (QED) is 0.484. The molecule has 6 nitrogen and oxygen atoms in total. The number of allylic oxidation sites excluding steroid dienone is 1. The van der Waals surface area contributed by atoms with Gasteiger partial charge in [-0.05, 0) is 56.2 Å². The van der Waals surface area contributed by atoms with Crippen LogP contribution in [0.25, 0.3) is 0 Å². The van der Waals surface area contributed by atoms with Crippen molar-refractivity contribution in [3.05, 3.63) is 89.4 Å². The van der Waals surface area contributed by atoms with Crippen molar-refractivity contribution in [2.45, 2.75) is 45.9 Å². The third-order valence-corrected chi connectivity index (χ3v) is 6.12. The number of hydrogen-bond donors (Lipinski definition) is 2. The van der Waals surface area contributed by atoms with Crippen molar-refractivity contribution in [2.24, 2.45) is 0 Å². The van der Waals surface area contributed by atoms with Gasteiger partial charge in [0.15, 0.2) is 17.5 Å². The number of nitrogens with zero attached hydrogens (tertiary/aromatic N) is 2. The molecule has 0 saturated heterocycles. The number of hydrogen-bond acceptors (Lipinski definition) is 5. The van der Waals surface area contributed by atoms with Gasteiger partial charge in [-0.15, -0.1) is 0 Å². The fraction of sp³-hybridized carbons (Fsp3) is 0.296. The molecule has 0 bridgehead atoms. The Balaban J connectivity index is 1.70. The summed E-state index contributed by atoms with van der Waals surface area (Å²) in [5, 5.41) is 21.0. The van der Waals surface area contributed by atoms with Crippen molar-refractivity contribution < 1.29 is 24.3 Å². The number of pyridine rings is 1. The lowest BCUT2D eigenvalue weighted by Gasteiger charge is -2.30. The van der Waals surface area contributed by atoms with Crippen molar-refractivity contribution >= 4 is 5.82 Å². The van der Waals surface area contributed by atoms with E-state index in [1.165, 1.54) is 0 Å². The number of rotatable bonds is 7. The smallest absolute Gasteiger partial charge is 0.285 e. The number of aromatic hydroxyl groups is 1. The second-order valence-electron chi connectivity index (χ2n) is 8.37. The average molecular weight is 448 g/mol. The van der Waals surface area contributed by atoms with Crippen molar-refractivity contribution in [3.8, 4) is 17.2 Å². The zero-order valence-corrected chi connectivity index (χ0v) is 19.5. The Morgan fingerprint density at radius 3 is 2.48 bits per heavy atom. The van der Waals surface area contributed by atoms with E-state index >= 15 is 0 Å². The van der Waals surface area contributed by atoms with Gasteiger partial charge >= 0.3 is 0 Å². The molecule has 6 heteroatoms. The van der Waals surface area contributed by atoms with Crippen LogP contribution in [0.1, 0.15) is 44.4 Å². The first kappa shape index (κ1) is 22.5. The first-order valence-electron chi connectivity index (χ1n) is 11.2. The molecule has 1 aromatic heterocycles. The SMILES string of the molecule is CCC(C)Oc1ccc(CN2C(O)=C(C)C(c3ccc(O)cc3)[n+]3ccccc32)cc1OC. The van der Waals surface area contributed by atoms with Gasteiger partial charge in [0.1, 0.15) is 12.3 Å². The summed E-state index contributed by atoms with van der Waals surface area (Å²) < 4.78 is 13.7. The van der Waals surface area contributed by atoms with E-state index < -0.39 is 0 Å². The minimum atomic E-state index is -0.168. The summed E-state index contributed by atoms with van der Waals surface area (Å²) in [4.78, 5) is 1.90. The molecule has 0 amide bonds. The number of ether oxygens (including phenoxy) is 2. The van der Waals surface area contributed by atoms with Crippen molar-refractivity contribution in [1.29, 1.82) is 0 Å². The van der Waals surface area contributed by atoms with Crippen molar-refractivity contribution in [1.82, 2.24) is 0 Å². The first-order valence-corrected chi connectivity index (χ1v) is 11.2. The largest absolute Gasteiger partial charge is 0.508 e. The molecule has 0 fully saturated rings. The van der Waals surface area contributed by atoms with Gasteiger partial charge < -0.3 is 19.7 Å². The number of phenolic OH excluding ortho intramolecular Hbond substituents is 1. The maximum atomic E-state index is 11.3. The first-order chi connectivity index (χ1) is 15.9. The summed E-state index contributed by atoms with van der Waals surface area (Å²) >= 11 is 0. The molecule has 2 unspecified atom stereocenters. The number of phenols is 1. The molecule has 3 aromatic rings. The number of benzene rings is 2. The molecule has 2 N–H and O–H groups in total. The van der Waals surface area contributed by atoms with E-state index in [9.17, 15) is 10.2 Å². The lowest BCUT2D eigenvalue weighted by Crippen LogP contribution is -2.50. The van der Waals surface area contributed by atoms with Crippen LogP contribution in [0.3, 0.4) is 0 Å². The number of aliphatic hydroxyl groups excluding tert-OH is 1. The standard InChI is InChI=1S/C27H30N2O4/c1-5-18(2)33-23-14-9-20(16-24(23)32-4)17-29-25-8-6-7-15-28(25)26(19(3)27(29)31)21-10-12-22(30)13-11-21/h6-16,18,26H,5,17H2,1-4H3,(H-,30,31)/p+1. The van der Waals surface area contributed by atoms with Crippen LogP contribution >= 0.6 is 0 Å². The molecule has 0 saturated carbocycles. The Kier molecular flexibility index (Phi) is 6.45. The molecule has 33 heavy (non-hydrogen) atoms. The molecule has 2 atom stereocenters. The highest BCUT2D eigenvalue weighted by molar-refractivity contribution is 5.49. The van der Waals surface area contributed by atoms with Crippen LogP contribution in [0.2, 0.25) is 0 Å². The summed E-state index contributed by atoms with van der Waals surface area (Å²) in [5.74, 6) is 2.70. The van der Waals surface area contributed by atoms with E-state index in [2.05, 4.69) is 11.5 Å². The van der Waals surface area contributed by atoms with Gasteiger partial charge in [-0.1, -0.05) is 31.2 Å². The topological polar surface area (TPSA) is 66.0 Å². The maximum Gasteiger partial charge on any atom is 0.285 e. The fourth-order valence-electron chi connectivity index (χ4n) is 4.16. The van der Waals surface area contributed by atoms with Gasteiger partial charge in [-0.25, -0.2) is 4.57 Å². The van der Waals surface area contributed by atoms with E-state index in [1.807, 2.05) is 73.5 Å². The third-order valence-electron chi connectivity index (χ3n) is 6.12. The zero-order chi connectivity index (χ0) is 23.5. The highest BCUT2D eigenvalue weighted by Gasteiger charge is 2.38. The van der Waals surface area contributed by atoms with Crippen LogP contribution in [-0.4, -0.2) is 23.4 Å². The van der Waals surface area contributed by atoms with Gasteiger partial charge in [0.2, 0.25) is 0 Å². The number of fused-ring (bicyclic) bond motifs is 1. The van der Waals surface area contributed by atoms with Crippen molar-refractivity contribution in [2.75, 3.05) is 12.0 Å². The normalized spacial score (nSPS) is 16.4. The molecule has 172 valence electrons. The summed E-state index contributed by atoms with van der Waals surface area (Å²) in [6.45, 7) is 6.52. The predicted molar refractivity (Wildman–Crippen MR) is 128 cm³/mol. The fourth-order valence-corrected chi connectivity index (χ4v) is 4.16. The minimum absolute atomic E-state index is 0.0987. The monoisotopic (exact) mass is 447 g/mol. The van der Waals surface area contributed by atoms with Gasteiger partial charge in [0.05, 0.1) is 25.0 Å². The molecule has 1 aliphatic heterocycles. The van der Waals surface area contributed by atoms with E-state index in [1.54, 1.807) is 19.2 Å². The van der Waals surface area contributed by atoms with Gasteiger partial charge in [0, 0.05) is 11.6 Å². The van der Waals surface area contributed by atoms with Crippen LogP contribution in [0.5, 0.6) is 17.2 Å². The lowest BCUT2D eigenvalue weighted by atomic mass is 9.97. The third kappa shape index (κ3) is 4.46. The van der Waals surface area contributed by atoms with Crippen LogP contribution in [0.4, 0.5) is 5.82 Å². The highest BCUT2D eigenvalue weighted by Crippen LogP contribution is 2.35. The van der Waals surface area contributed by atoms with E-state index in [4.69, 9.17) is 9.47 Å². The average Bonchev–Trinajstić information content (AvgIpc) is 2.83. The number of aromatic nitrogens is 1. The molecule has 2 heterocycles. The van der Waals surface area contributed by atoms with Gasteiger partial charge in [-0.2, -0.15) is 4.90 Å². The van der Waals surface area contributed by atoms with Crippen LogP contribution in [0.15, 0.2) is 78.3 Å². The number of methoxy groups -OCH3 is 1. The zero-order valence-electron chi connectivity index (χ0n) is 19.5. The summed E-state index contributed by atoms with van der Waals surface area (Å²) in [6, 6.07) is 18.8. The number of anilines is 1. The molecule has 4 rings (SSSR count). The van der Waals surface area contributed by atoms with Crippen molar-refractivity contribution in [3.63, 3.8) is 0 Å². The van der Waals surface area contributed by atoms with E-state index in [-0.39, 0.29) is 23.8 Å². The van der Waals surface area contributed by atoms with Gasteiger partial charge in [-0.3, -0.25) is 0 Å². The van der Waals surface area contributed by atoms with Crippen LogP contribution < -0.4 is 18.9 Å². The molecule has 2 aromatic carbocycles. The van der Waals surface area contributed by atoms with E-state index in [0.29, 0.717) is 18.0 Å². The molecule has 1 aliphatic rings. The molecule has 0 spiro atoms. The molecule has 0 radical (unpaired) electrons. The minimum Gasteiger partial charge on any atom is -0.508 e. The molecule has 0 aliphatic carbocycles. The second kappa shape index (κ2) is 9.45. The Morgan fingerprint density at radius 1 is 1.03 bits per heavy atom. The Morgan fingerprint density at radius 2 is 1.79 bits per heavy atom. The van der Waals surface area contributed by atoms with Crippen LogP contribution in [-0.2, 0) is 6.54 Å². The Labute approximate surface area is 195 Å². The summed E-state index contributed by atoms with van der Waals surface area (Å²) in [5.41, 5.74) is 2.80. The van der Waals surface area contributed by atoms with E-state index in [0.717, 1.165) is 28.9 Å². The molecular weight excluding hydrogens is 416 g/mol.